The van der Waals surface area contributed by atoms with Crippen molar-refractivity contribution < 1.29 is 57.7 Å². The van der Waals surface area contributed by atoms with Crippen molar-refractivity contribution in [1.82, 2.24) is 0 Å². The summed E-state index contributed by atoms with van der Waals surface area (Å²) in [5.74, 6) is 1.43. The number of hydrogen-bond acceptors (Lipinski definition) is 0. The Bertz CT molecular complexity index is 768. The molecule has 0 fully saturated rings. The summed E-state index contributed by atoms with van der Waals surface area (Å²) in [5, 5.41) is 1.94. The van der Waals surface area contributed by atoms with Gasteiger partial charge in [-0.05, 0) is 0 Å². The van der Waals surface area contributed by atoms with Gasteiger partial charge in [0.15, 0.2) is 0 Å². The van der Waals surface area contributed by atoms with E-state index in [4.69, 9.17) is 0 Å². The minimum atomic E-state index is -1.91. The molecule has 0 radical (unpaired) electrons. The first-order valence-electron chi connectivity index (χ1n) is 11.7. The molecule has 1 aliphatic rings. The molecular formula is C27H43Cl3SiTi. The predicted octanol–water partition coefficient (Wildman–Crippen LogP) is -1.28. The van der Waals surface area contributed by atoms with Gasteiger partial charge >= 0.3 is 195 Å². The summed E-state index contributed by atoms with van der Waals surface area (Å²) < 4.78 is 1.65. The molecule has 1 aromatic carbocycles. The third-order valence-corrected chi connectivity index (χ3v) is 16.4. The van der Waals surface area contributed by atoms with Gasteiger partial charge in [-0.1, -0.05) is 0 Å². The summed E-state index contributed by atoms with van der Waals surface area (Å²) in [7, 11) is -1.91. The van der Waals surface area contributed by atoms with E-state index in [9.17, 15) is 0 Å². The van der Waals surface area contributed by atoms with E-state index in [-0.39, 0.29) is 42.3 Å². The van der Waals surface area contributed by atoms with Crippen molar-refractivity contribution in [3.63, 3.8) is 0 Å². The zero-order valence-electron chi connectivity index (χ0n) is 21.8. The average molecular weight is 550 g/mol. The number of aryl methyl sites for hydroxylation is 2. The zero-order chi connectivity index (χ0) is 22.1. The Hall–Kier alpha value is 0.501. The van der Waals surface area contributed by atoms with Crippen LogP contribution in [0.5, 0.6) is 0 Å². The molecule has 2 rings (SSSR count). The number of benzene rings is 1. The van der Waals surface area contributed by atoms with Crippen LogP contribution in [0.3, 0.4) is 0 Å². The number of allylic oxidation sites excluding steroid dienone is 4. The van der Waals surface area contributed by atoms with Crippen molar-refractivity contribution in [2.45, 2.75) is 99.2 Å². The maximum Gasteiger partial charge on any atom is -1.00 e. The van der Waals surface area contributed by atoms with E-state index in [1.165, 1.54) is 23.2 Å². The first kappa shape index (κ1) is 34.7. The fraction of sp³-hybridized carbons (Fsp3) is 0.630. The first-order chi connectivity index (χ1) is 13.4. The maximum absolute atomic E-state index is 2.62. The second-order valence-corrected chi connectivity index (χ2v) is 15.7. The van der Waals surface area contributed by atoms with Gasteiger partial charge in [0.05, 0.1) is 0 Å². The van der Waals surface area contributed by atoms with Crippen molar-refractivity contribution in [3.8, 4) is 0 Å². The van der Waals surface area contributed by atoms with Crippen LogP contribution in [0.4, 0.5) is 0 Å². The van der Waals surface area contributed by atoms with Gasteiger partial charge in [0.1, 0.15) is 0 Å². The Morgan fingerprint density at radius 2 is 1.19 bits per heavy atom. The monoisotopic (exact) mass is 548 g/mol. The molecule has 5 heteroatoms. The Morgan fingerprint density at radius 1 is 0.781 bits per heavy atom. The molecule has 0 amide bonds. The Labute approximate surface area is 230 Å². The fourth-order valence-electron chi connectivity index (χ4n) is 5.86. The summed E-state index contributed by atoms with van der Waals surface area (Å²) >= 11 is 2.45. The van der Waals surface area contributed by atoms with Crippen LogP contribution in [0.1, 0.15) is 80.4 Å². The predicted molar refractivity (Wildman–Crippen MR) is 129 cm³/mol. The van der Waals surface area contributed by atoms with Crippen LogP contribution >= 0.6 is 0 Å². The van der Waals surface area contributed by atoms with Crippen LogP contribution < -0.4 is 42.4 Å². The molecule has 32 heavy (non-hydrogen) atoms. The molecule has 0 N–H and O–H groups in total. The van der Waals surface area contributed by atoms with Gasteiger partial charge in [-0.25, -0.2) is 0 Å². The van der Waals surface area contributed by atoms with Gasteiger partial charge < -0.3 is 37.2 Å². The largest absolute Gasteiger partial charge is 1.00 e. The Morgan fingerprint density at radius 3 is 1.47 bits per heavy atom. The first-order valence-corrected chi connectivity index (χ1v) is 14.9. The zero-order valence-corrected chi connectivity index (χ0v) is 26.7. The molecule has 1 unspecified atom stereocenters. The molecule has 1 aromatic rings. The van der Waals surface area contributed by atoms with E-state index in [2.05, 4.69) is 108 Å². The van der Waals surface area contributed by atoms with Crippen molar-refractivity contribution in [1.29, 1.82) is 0 Å². The summed E-state index contributed by atoms with van der Waals surface area (Å²) in [4.78, 5) is 0. The molecule has 180 valence electrons. The van der Waals surface area contributed by atoms with Gasteiger partial charge in [-0.3, -0.25) is 0 Å². The molecule has 0 spiro atoms. The summed E-state index contributed by atoms with van der Waals surface area (Å²) in [6.07, 6.45) is 2.26. The van der Waals surface area contributed by atoms with E-state index in [1.54, 1.807) is 25.8 Å². The van der Waals surface area contributed by atoms with E-state index in [1.807, 2.05) is 0 Å². The smallest absolute Gasteiger partial charge is 1.00 e. The maximum atomic E-state index is 2.62. The van der Waals surface area contributed by atoms with E-state index in [0.717, 1.165) is 24.7 Å². The second-order valence-electron chi connectivity index (χ2n) is 10.4. The van der Waals surface area contributed by atoms with Crippen LogP contribution in [0, 0.1) is 11.8 Å². The average Bonchev–Trinajstić information content (AvgIpc) is 2.82. The van der Waals surface area contributed by atoms with Gasteiger partial charge in [0.25, 0.3) is 0 Å². The van der Waals surface area contributed by atoms with Gasteiger partial charge in [0.2, 0.25) is 0 Å². The van der Waals surface area contributed by atoms with Crippen LogP contribution in [0.25, 0.3) is 0 Å². The van der Waals surface area contributed by atoms with Crippen molar-refractivity contribution in [3.05, 3.63) is 49.9 Å². The van der Waals surface area contributed by atoms with Gasteiger partial charge in [0, 0.05) is 0 Å². The molecule has 0 saturated carbocycles. The Balaban J connectivity index is 0. The molecule has 1 aliphatic carbocycles. The SMILES string of the molecule is CCc1cc(CC)cc([Si](CC(C)C)(CC(C)C)C2(C)C(C)=C(C)C(C)=[C]2[Ti+3])c1.[Cl-].[Cl-].[Cl-]. The Kier molecular flexibility index (Phi) is 14.7. The van der Waals surface area contributed by atoms with Crippen LogP contribution in [-0.2, 0) is 33.3 Å². The number of hydrogen-bond donors (Lipinski definition) is 0. The van der Waals surface area contributed by atoms with E-state index >= 15 is 0 Å². The minimum absolute atomic E-state index is 0. The molecule has 0 saturated heterocycles. The standard InChI is InChI=1S/C27H43Si.3ClH.Ti/c1-11-24-13-25(12-2)15-26(14-24)28(17-19(3)4,18-20(5)6)27(10)16-21(7)22(8)23(27)9;;;;/h13-15,19-20H,11-12,17-18H2,1-10H3;3*1H;/q;;;;+3/p-3. The van der Waals surface area contributed by atoms with E-state index < -0.39 is 8.07 Å². The topological polar surface area (TPSA) is 0 Å². The number of halogens is 3. The normalized spacial score (nSPS) is 18.7. The van der Waals surface area contributed by atoms with Crippen LogP contribution in [-0.4, -0.2) is 8.07 Å². The van der Waals surface area contributed by atoms with Crippen LogP contribution in [0.15, 0.2) is 38.8 Å². The third kappa shape index (κ3) is 6.19. The fourth-order valence-corrected chi connectivity index (χ4v) is 14.9. The summed E-state index contributed by atoms with van der Waals surface area (Å²) in [6.45, 7) is 24.2. The van der Waals surface area contributed by atoms with Crippen molar-refractivity contribution in [2.75, 3.05) is 0 Å². The molecule has 0 heterocycles. The molecule has 0 bridgehead atoms. The summed E-state index contributed by atoms with van der Waals surface area (Å²) in [5.41, 5.74) is 7.82. The number of rotatable bonds is 8. The summed E-state index contributed by atoms with van der Waals surface area (Å²) in [6, 6.07) is 10.4. The second kappa shape index (κ2) is 13.6. The van der Waals surface area contributed by atoms with E-state index in [0.29, 0.717) is 0 Å². The molecule has 0 aromatic heterocycles. The molecule has 0 nitrogen and oxygen atoms in total. The third-order valence-electron chi connectivity index (χ3n) is 7.64. The molecule has 0 aliphatic heterocycles. The van der Waals surface area contributed by atoms with Gasteiger partial charge in [-0.15, -0.1) is 0 Å². The molecule has 1 atom stereocenters. The quantitative estimate of drug-likeness (QED) is 0.355. The van der Waals surface area contributed by atoms with Crippen LogP contribution in [0.2, 0.25) is 17.1 Å². The minimum Gasteiger partial charge on any atom is -1.00 e. The van der Waals surface area contributed by atoms with Gasteiger partial charge in [-0.2, -0.15) is 0 Å². The van der Waals surface area contributed by atoms with Crippen molar-refractivity contribution >= 4 is 13.3 Å². The molecular weight excluding hydrogens is 507 g/mol. The van der Waals surface area contributed by atoms with Crippen molar-refractivity contribution in [2.24, 2.45) is 11.8 Å².